The van der Waals surface area contributed by atoms with Crippen molar-refractivity contribution in [3.05, 3.63) is 200 Å². The van der Waals surface area contributed by atoms with Crippen LogP contribution in [0.4, 0.5) is 0 Å². The van der Waals surface area contributed by atoms with Crippen molar-refractivity contribution < 1.29 is 0 Å². The summed E-state index contributed by atoms with van der Waals surface area (Å²) in [4.78, 5) is 15.4. The van der Waals surface area contributed by atoms with Crippen molar-refractivity contribution in [2.24, 2.45) is 0 Å². The molecule has 12 rings (SSSR count). The first-order valence-corrected chi connectivity index (χ1v) is 20.6. The molecule has 12 aromatic rings. The molecule has 59 heavy (non-hydrogen) atoms. The predicted octanol–water partition coefficient (Wildman–Crippen LogP) is 13.9. The largest absolute Gasteiger partial charge is 0.309 e. The standard InChI is InChI=1S/C53H33N5S/c1-5-15-34(16-6-1)44-33-51(56-52(54-44)35-17-7-2-8-18-35)58-46-24-14-13-23-40(46)41-29-37(26-28-48(41)58)38-25-27-47-42(30-38)43-31-50-45(55-53(59-50)36-19-9-3-10-20-36)32-49(43)57(47)39-21-11-4-12-22-39/h1-33H. The van der Waals surface area contributed by atoms with Crippen LogP contribution >= 0.6 is 11.3 Å². The predicted molar refractivity (Wildman–Crippen MR) is 246 cm³/mol. The quantitative estimate of drug-likeness (QED) is 0.169. The molecule has 0 saturated heterocycles. The van der Waals surface area contributed by atoms with Crippen molar-refractivity contribution in [1.82, 2.24) is 24.1 Å². The van der Waals surface area contributed by atoms with E-state index >= 15 is 0 Å². The van der Waals surface area contributed by atoms with Gasteiger partial charge in [-0.25, -0.2) is 15.0 Å². The van der Waals surface area contributed by atoms with Gasteiger partial charge in [-0.1, -0.05) is 140 Å². The van der Waals surface area contributed by atoms with E-state index in [4.69, 9.17) is 15.0 Å². The average Bonchev–Trinajstić information content (AvgIpc) is 3.98. The number of aromatic nitrogens is 5. The summed E-state index contributed by atoms with van der Waals surface area (Å²) in [5.41, 5.74) is 13.0. The van der Waals surface area contributed by atoms with Gasteiger partial charge in [-0.2, -0.15) is 0 Å². The van der Waals surface area contributed by atoms with E-state index in [1.165, 1.54) is 31.8 Å². The first-order chi connectivity index (χ1) is 29.2. The first kappa shape index (κ1) is 33.5. The lowest BCUT2D eigenvalue weighted by Crippen LogP contribution is -2.02. The van der Waals surface area contributed by atoms with Gasteiger partial charge in [0.25, 0.3) is 0 Å². The number of hydrogen-bond donors (Lipinski definition) is 0. The van der Waals surface area contributed by atoms with E-state index < -0.39 is 0 Å². The Morgan fingerprint density at radius 2 is 0.915 bits per heavy atom. The molecule has 6 heteroatoms. The summed E-state index contributed by atoms with van der Waals surface area (Å²) in [6.45, 7) is 0. The Hall–Kier alpha value is -7.67. The summed E-state index contributed by atoms with van der Waals surface area (Å²) in [5, 5.41) is 5.81. The molecular formula is C53H33N5S. The molecular weight excluding hydrogens is 739 g/mol. The van der Waals surface area contributed by atoms with Crippen LogP contribution in [0.5, 0.6) is 0 Å². The van der Waals surface area contributed by atoms with Gasteiger partial charge in [-0.15, -0.1) is 11.3 Å². The second-order valence-corrected chi connectivity index (χ2v) is 15.9. The molecule has 5 nitrogen and oxygen atoms in total. The highest BCUT2D eigenvalue weighted by Crippen LogP contribution is 2.41. The zero-order valence-electron chi connectivity index (χ0n) is 31.7. The van der Waals surface area contributed by atoms with Gasteiger partial charge in [0.2, 0.25) is 0 Å². The fourth-order valence-corrected chi connectivity index (χ4v) is 9.59. The number of benzene rings is 8. The summed E-state index contributed by atoms with van der Waals surface area (Å²) in [7, 11) is 0. The van der Waals surface area contributed by atoms with Crippen LogP contribution in [0.1, 0.15) is 0 Å². The minimum absolute atomic E-state index is 0.694. The van der Waals surface area contributed by atoms with Crippen LogP contribution in [0.3, 0.4) is 0 Å². The number of rotatable bonds is 6. The normalized spacial score (nSPS) is 11.7. The Bertz CT molecular complexity index is 3480. The SMILES string of the molecule is c1ccc(-c2cc(-n3c4ccccc4c4cc(-c5ccc6c(c5)c5cc7sc(-c8ccccc8)nc7cc5n6-c5ccccc5)ccc43)nc(-c3ccccc3)n2)cc1. The van der Waals surface area contributed by atoms with Crippen molar-refractivity contribution in [1.29, 1.82) is 0 Å². The summed E-state index contributed by atoms with van der Waals surface area (Å²) < 4.78 is 5.84. The van der Waals surface area contributed by atoms with Crippen LogP contribution in [0.2, 0.25) is 0 Å². The molecule has 0 bridgehead atoms. The van der Waals surface area contributed by atoms with Crippen LogP contribution in [-0.4, -0.2) is 24.1 Å². The fraction of sp³-hybridized carbons (Fsp3) is 0. The van der Waals surface area contributed by atoms with Crippen molar-refractivity contribution in [3.8, 4) is 55.8 Å². The van der Waals surface area contributed by atoms with Crippen molar-refractivity contribution in [3.63, 3.8) is 0 Å². The van der Waals surface area contributed by atoms with E-state index in [0.29, 0.717) is 5.82 Å². The molecule has 0 spiro atoms. The van der Waals surface area contributed by atoms with E-state index in [9.17, 15) is 0 Å². The van der Waals surface area contributed by atoms with Crippen LogP contribution in [-0.2, 0) is 0 Å². The Labute approximate surface area is 343 Å². The summed E-state index contributed by atoms with van der Waals surface area (Å²) in [6, 6.07) is 70.8. The topological polar surface area (TPSA) is 48.5 Å². The minimum Gasteiger partial charge on any atom is -0.309 e. The monoisotopic (exact) mass is 771 g/mol. The van der Waals surface area contributed by atoms with E-state index in [1.807, 2.05) is 24.3 Å². The highest BCUT2D eigenvalue weighted by molar-refractivity contribution is 7.21. The average molecular weight is 772 g/mol. The van der Waals surface area contributed by atoms with Gasteiger partial charge in [-0.05, 0) is 65.7 Å². The highest BCUT2D eigenvalue weighted by atomic mass is 32.1. The second-order valence-electron chi connectivity index (χ2n) is 14.9. The third-order valence-electron chi connectivity index (χ3n) is 11.4. The lowest BCUT2D eigenvalue weighted by molar-refractivity contribution is 1.05. The molecule has 0 saturated carbocycles. The van der Waals surface area contributed by atoms with Crippen molar-refractivity contribution >= 4 is 65.2 Å². The Balaban J connectivity index is 1.05. The third kappa shape index (κ3) is 5.57. The molecule has 0 fully saturated rings. The fourth-order valence-electron chi connectivity index (χ4n) is 8.60. The van der Waals surface area contributed by atoms with Gasteiger partial charge >= 0.3 is 0 Å². The van der Waals surface area contributed by atoms with E-state index in [-0.39, 0.29) is 0 Å². The zero-order valence-corrected chi connectivity index (χ0v) is 32.5. The number of nitrogens with zero attached hydrogens (tertiary/aromatic N) is 5. The van der Waals surface area contributed by atoms with Crippen LogP contribution in [0, 0.1) is 0 Å². The molecule has 4 aromatic heterocycles. The van der Waals surface area contributed by atoms with Gasteiger partial charge in [0.05, 0.1) is 38.0 Å². The maximum absolute atomic E-state index is 5.23. The summed E-state index contributed by atoms with van der Waals surface area (Å²) >= 11 is 1.75. The molecule has 0 unspecified atom stereocenters. The number of fused-ring (bicyclic) bond motifs is 7. The van der Waals surface area contributed by atoms with Crippen molar-refractivity contribution in [2.45, 2.75) is 0 Å². The molecule has 276 valence electrons. The molecule has 0 N–H and O–H groups in total. The third-order valence-corrected chi connectivity index (χ3v) is 12.4. The van der Waals surface area contributed by atoms with Gasteiger partial charge in [0, 0.05) is 50.0 Å². The van der Waals surface area contributed by atoms with Crippen LogP contribution in [0.15, 0.2) is 200 Å². The van der Waals surface area contributed by atoms with Crippen LogP contribution < -0.4 is 0 Å². The molecule has 4 heterocycles. The Kier molecular flexibility index (Phi) is 7.64. The lowest BCUT2D eigenvalue weighted by Gasteiger charge is -2.12. The van der Waals surface area contributed by atoms with E-state index in [1.54, 1.807) is 11.3 Å². The number of para-hydroxylation sites is 2. The molecule has 0 radical (unpaired) electrons. The molecule has 0 amide bonds. The second kappa shape index (κ2) is 13.5. The smallest absolute Gasteiger partial charge is 0.162 e. The molecule has 0 atom stereocenters. The van der Waals surface area contributed by atoms with Gasteiger partial charge in [0.1, 0.15) is 10.8 Å². The van der Waals surface area contributed by atoms with Crippen LogP contribution in [0.25, 0.3) is 110 Å². The molecule has 0 aliphatic heterocycles. The number of hydrogen-bond acceptors (Lipinski definition) is 4. The molecule has 0 aliphatic rings. The Morgan fingerprint density at radius 1 is 0.356 bits per heavy atom. The molecule has 8 aromatic carbocycles. The maximum atomic E-state index is 5.23. The first-order valence-electron chi connectivity index (χ1n) is 19.8. The van der Waals surface area contributed by atoms with Gasteiger partial charge in [-0.3, -0.25) is 4.57 Å². The zero-order chi connectivity index (χ0) is 38.9. The summed E-state index contributed by atoms with van der Waals surface area (Å²) in [5.74, 6) is 1.52. The number of thiazole rings is 1. The lowest BCUT2D eigenvalue weighted by atomic mass is 10.0. The van der Waals surface area contributed by atoms with Gasteiger partial charge in [0.15, 0.2) is 5.82 Å². The minimum atomic E-state index is 0.694. The molecule has 0 aliphatic carbocycles. The van der Waals surface area contributed by atoms with E-state index in [0.717, 1.165) is 72.1 Å². The van der Waals surface area contributed by atoms with Gasteiger partial charge < -0.3 is 4.57 Å². The van der Waals surface area contributed by atoms with Crippen molar-refractivity contribution in [2.75, 3.05) is 0 Å². The highest BCUT2D eigenvalue weighted by Gasteiger charge is 2.19. The van der Waals surface area contributed by atoms with E-state index in [2.05, 4.69) is 185 Å². The Morgan fingerprint density at radius 3 is 1.63 bits per heavy atom. The maximum Gasteiger partial charge on any atom is 0.162 e. The summed E-state index contributed by atoms with van der Waals surface area (Å²) in [6.07, 6.45) is 0.